The minimum absolute atomic E-state index is 0.166. The lowest BCUT2D eigenvalue weighted by Gasteiger charge is -2.25. The van der Waals surface area contributed by atoms with Crippen molar-refractivity contribution in [2.45, 2.75) is 19.3 Å². The molecule has 0 aliphatic heterocycles. The second kappa shape index (κ2) is 5.95. The average Bonchev–Trinajstić information content (AvgIpc) is 2.48. The summed E-state index contributed by atoms with van der Waals surface area (Å²) in [5.41, 5.74) is 7.05. The van der Waals surface area contributed by atoms with E-state index >= 15 is 0 Å². The number of hydrogen-bond acceptors (Lipinski definition) is 2. The van der Waals surface area contributed by atoms with E-state index in [9.17, 15) is 9.18 Å². The van der Waals surface area contributed by atoms with E-state index in [1.54, 1.807) is 0 Å². The highest BCUT2D eigenvalue weighted by Gasteiger charge is 2.22. The minimum atomic E-state index is -0.475. The quantitative estimate of drug-likeness (QED) is 0.848. The number of rotatable bonds is 4. The summed E-state index contributed by atoms with van der Waals surface area (Å²) in [5, 5.41) is 2.82. The van der Waals surface area contributed by atoms with E-state index in [0.29, 0.717) is 6.54 Å². The third kappa shape index (κ3) is 3.60. The van der Waals surface area contributed by atoms with E-state index in [-0.39, 0.29) is 22.6 Å². The summed E-state index contributed by atoms with van der Waals surface area (Å²) < 4.78 is 13.2. The lowest BCUT2D eigenvalue weighted by molar-refractivity contribution is 0.0946. The molecule has 0 aliphatic carbocycles. The molecular formula is C17H19FN2O. The average molecular weight is 286 g/mol. The monoisotopic (exact) mass is 286 g/mol. The van der Waals surface area contributed by atoms with Gasteiger partial charge in [0.25, 0.3) is 5.91 Å². The Balaban J connectivity index is 2.09. The van der Waals surface area contributed by atoms with E-state index in [2.05, 4.69) is 5.32 Å². The van der Waals surface area contributed by atoms with E-state index in [1.165, 1.54) is 12.1 Å². The van der Waals surface area contributed by atoms with Crippen LogP contribution in [0.1, 0.15) is 29.8 Å². The maximum Gasteiger partial charge on any atom is 0.253 e. The predicted octanol–water partition coefficient (Wildman–Crippen LogP) is 3.12. The van der Waals surface area contributed by atoms with Crippen molar-refractivity contribution in [3.05, 3.63) is 65.5 Å². The van der Waals surface area contributed by atoms with Gasteiger partial charge in [-0.15, -0.1) is 0 Å². The maximum absolute atomic E-state index is 13.2. The molecule has 2 rings (SSSR count). The second-order valence-corrected chi connectivity index (χ2v) is 5.66. The molecule has 2 aromatic rings. The topological polar surface area (TPSA) is 55.1 Å². The first kappa shape index (κ1) is 15.0. The summed E-state index contributed by atoms with van der Waals surface area (Å²) in [5.74, 6) is -0.840. The van der Waals surface area contributed by atoms with Crippen molar-refractivity contribution in [1.82, 2.24) is 5.32 Å². The van der Waals surface area contributed by atoms with Crippen LogP contribution < -0.4 is 11.1 Å². The lowest BCUT2D eigenvalue weighted by Crippen LogP contribution is -2.37. The standard InChI is InChI=1S/C17H19FN2O/c1-17(2,12-6-4-3-5-7-12)11-20-16(21)14-10-13(18)8-9-15(14)19/h3-10H,11,19H2,1-2H3,(H,20,21). The summed E-state index contributed by atoms with van der Waals surface area (Å²) >= 11 is 0. The molecule has 0 aliphatic rings. The molecule has 0 heterocycles. The van der Waals surface area contributed by atoms with E-state index < -0.39 is 5.82 Å². The Labute approximate surface area is 124 Å². The molecule has 0 fully saturated rings. The molecule has 0 radical (unpaired) electrons. The van der Waals surface area contributed by atoms with Gasteiger partial charge in [0.1, 0.15) is 5.82 Å². The van der Waals surface area contributed by atoms with Crippen molar-refractivity contribution in [1.29, 1.82) is 0 Å². The molecule has 0 unspecified atom stereocenters. The number of nitrogen functional groups attached to an aromatic ring is 1. The highest BCUT2D eigenvalue weighted by Crippen LogP contribution is 2.22. The maximum atomic E-state index is 13.2. The number of nitrogens with one attached hydrogen (secondary N) is 1. The van der Waals surface area contributed by atoms with Crippen molar-refractivity contribution >= 4 is 11.6 Å². The molecule has 1 amide bonds. The summed E-state index contributed by atoms with van der Waals surface area (Å²) in [6, 6.07) is 13.7. The molecule has 0 saturated carbocycles. The Morgan fingerprint density at radius 2 is 1.86 bits per heavy atom. The fourth-order valence-corrected chi connectivity index (χ4v) is 2.11. The lowest BCUT2D eigenvalue weighted by atomic mass is 9.84. The Hall–Kier alpha value is -2.36. The zero-order valence-corrected chi connectivity index (χ0v) is 12.2. The van der Waals surface area contributed by atoms with Gasteiger partial charge in [-0.25, -0.2) is 4.39 Å². The summed E-state index contributed by atoms with van der Waals surface area (Å²) in [6.07, 6.45) is 0. The Morgan fingerprint density at radius 3 is 2.52 bits per heavy atom. The van der Waals surface area contributed by atoms with Crippen molar-refractivity contribution in [3.8, 4) is 0 Å². The van der Waals surface area contributed by atoms with E-state index in [4.69, 9.17) is 5.73 Å². The molecule has 0 spiro atoms. The molecule has 0 atom stereocenters. The van der Waals surface area contributed by atoms with Gasteiger partial charge in [-0.2, -0.15) is 0 Å². The number of anilines is 1. The highest BCUT2D eigenvalue weighted by atomic mass is 19.1. The van der Waals surface area contributed by atoms with Gasteiger partial charge in [0, 0.05) is 17.6 Å². The van der Waals surface area contributed by atoms with Crippen LogP contribution in [-0.2, 0) is 5.41 Å². The predicted molar refractivity (Wildman–Crippen MR) is 82.6 cm³/mol. The number of halogens is 1. The fraction of sp³-hybridized carbons (Fsp3) is 0.235. The van der Waals surface area contributed by atoms with Crippen LogP contribution >= 0.6 is 0 Å². The SMILES string of the molecule is CC(C)(CNC(=O)c1cc(F)ccc1N)c1ccccc1. The number of carbonyl (C=O) groups is 1. The third-order valence-corrected chi connectivity index (χ3v) is 3.51. The van der Waals surface area contributed by atoms with Crippen LogP contribution in [-0.4, -0.2) is 12.5 Å². The minimum Gasteiger partial charge on any atom is -0.398 e. The first-order chi connectivity index (χ1) is 9.90. The molecule has 21 heavy (non-hydrogen) atoms. The Kier molecular flexibility index (Phi) is 4.26. The molecule has 4 heteroatoms. The van der Waals surface area contributed by atoms with Crippen LogP contribution in [0, 0.1) is 5.82 Å². The number of benzene rings is 2. The van der Waals surface area contributed by atoms with Crippen molar-refractivity contribution in [3.63, 3.8) is 0 Å². The van der Waals surface area contributed by atoms with Crippen molar-refractivity contribution in [2.75, 3.05) is 12.3 Å². The van der Waals surface area contributed by atoms with E-state index in [0.717, 1.165) is 11.6 Å². The first-order valence-electron chi connectivity index (χ1n) is 6.79. The number of nitrogens with two attached hydrogens (primary N) is 1. The molecule has 3 nitrogen and oxygen atoms in total. The summed E-state index contributed by atoms with van der Waals surface area (Å²) in [6.45, 7) is 4.51. The molecular weight excluding hydrogens is 267 g/mol. The summed E-state index contributed by atoms with van der Waals surface area (Å²) in [7, 11) is 0. The van der Waals surface area contributed by atoms with Gasteiger partial charge < -0.3 is 11.1 Å². The normalized spacial score (nSPS) is 11.2. The van der Waals surface area contributed by atoms with Crippen LogP contribution in [0.25, 0.3) is 0 Å². The third-order valence-electron chi connectivity index (χ3n) is 3.51. The van der Waals surface area contributed by atoms with Gasteiger partial charge in [-0.3, -0.25) is 4.79 Å². The van der Waals surface area contributed by atoms with Gasteiger partial charge in [0.2, 0.25) is 0 Å². The zero-order valence-electron chi connectivity index (χ0n) is 12.2. The highest BCUT2D eigenvalue weighted by molar-refractivity contribution is 5.99. The zero-order chi connectivity index (χ0) is 15.5. The fourth-order valence-electron chi connectivity index (χ4n) is 2.11. The molecule has 3 N–H and O–H groups in total. The molecule has 0 aromatic heterocycles. The van der Waals surface area contributed by atoms with Gasteiger partial charge in [0.05, 0.1) is 5.56 Å². The molecule has 2 aromatic carbocycles. The van der Waals surface area contributed by atoms with Crippen molar-refractivity contribution < 1.29 is 9.18 Å². The Bertz CT molecular complexity index is 638. The Morgan fingerprint density at radius 1 is 1.19 bits per heavy atom. The van der Waals surface area contributed by atoms with Crippen LogP contribution in [0.3, 0.4) is 0 Å². The van der Waals surface area contributed by atoms with Gasteiger partial charge in [0.15, 0.2) is 0 Å². The van der Waals surface area contributed by atoms with Crippen LogP contribution in [0.5, 0.6) is 0 Å². The smallest absolute Gasteiger partial charge is 0.253 e. The second-order valence-electron chi connectivity index (χ2n) is 5.66. The van der Waals surface area contributed by atoms with Crippen LogP contribution in [0.4, 0.5) is 10.1 Å². The largest absolute Gasteiger partial charge is 0.398 e. The van der Waals surface area contributed by atoms with E-state index in [1.807, 2.05) is 44.2 Å². The molecule has 0 bridgehead atoms. The number of amides is 1. The number of carbonyl (C=O) groups excluding carboxylic acids is 1. The van der Waals surface area contributed by atoms with Crippen molar-refractivity contribution in [2.24, 2.45) is 0 Å². The van der Waals surface area contributed by atoms with Crippen LogP contribution in [0.2, 0.25) is 0 Å². The van der Waals surface area contributed by atoms with Crippen LogP contribution in [0.15, 0.2) is 48.5 Å². The van der Waals surface area contributed by atoms with Gasteiger partial charge in [-0.1, -0.05) is 44.2 Å². The molecule has 110 valence electrons. The summed E-state index contributed by atoms with van der Waals surface area (Å²) in [4.78, 5) is 12.1. The number of hydrogen-bond donors (Lipinski definition) is 2. The first-order valence-corrected chi connectivity index (χ1v) is 6.79. The van der Waals surface area contributed by atoms with Gasteiger partial charge >= 0.3 is 0 Å². The van der Waals surface area contributed by atoms with Gasteiger partial charge in [-0.05, 0) is 23.8 Å². The molecule has 0 saturated heterocycles.